The summed E-state index contributed by atoms with van der Waals surface area (Å²) in [7, 11) is 4.08. The van der Waals surface area contributed by atoms with Gasteiger partial charge in [-0.2, -0.15) is 0 Å². The minimum absolute atomic E-state index is 0.0825. The molecule has 0 saturated carbocycles. The van der Waals surface area contributed by atoms with Crippen LogP contribution in [0.4, 0.5) is 0 Å². The summed E-state index contributed by atoms with van der Waals surface area (Å²) < 4.78 is 0. The second-order valence-electron chi connectivity index (χ2n) is 5.34. The van der Waals surface area contributed by atoms with E-state index in [4.69, 9.17) is 0 Å². The van der Waals surface area contributed by atoms with Gasteiger partial charge in [-0.1, -0.05) is 13.8 Å². The first kappa shape index (κ1) is 14.5. The lowest BCUT2D eigenvalue weighted by Crippen LogP contribution is -2.39. The van der Waals surface area contributed by atoms with Crippen LogP contribution in [0.25, 0.3) is 0 Å². The third-order valence-corrected chi connectivity index (χ3v) is 3.52. The molecular weight excluding hydrogens is 214 g/mol. The van der Waals surface area contributed by atoms with Gasteiger partial charge in [-0.05, 0) is 32.5 Å². The first-order chi connectivity index (χ1) is 8.04. The van der Waals surface area contributed by atoms with Gasteiger partial charge in [0, 0.05) is 32.6 Å². The van der Waals surface area contributed by atoms with Crippen molar-refractivity contribution in [3.8, 4) is 0 Å². The van der Waals surface area contributed by atoms with Gasteiger partial charge in [-0.25, -0.2) is 0 Å². The van der Waals surface area contributed by atoms with Gasteiger partial charge in [0.15, 0.2) is 0 Å². The summed E-state index contributed by atoms with van der Waals surface area (Å²) in [5.41, 5.74) is 0. The summed E-state index contributed by atoms with van der Waals surface area (Å²) in [6, 6.07) is 0. The molecule has 0 bridgehead atoms. The minimum atomic E-state index is 0.0825. The topological polar surface area (TPSA) is 35.6 Å². The Kier molecular flexibility index (Phi) is 5.92. The van der Waals surface area contributed by atoms with Crippen molar-refractivity contribution in [3.63, 3.8) is 0 Å². The van der Waals surface area contributed by atoms with Crippen LogP contribution in [0.1, 0.15) is 20.3 Å². The van der Waals surface area contributed by atoms with E-state index in [-0.39, 0.29) is 11.8 Å². The summed E-state index contributed by atoms with van der Waals surface area (Å²) in [6.07, 6.45) is 1.22. The van der Waals surface area contributed by atoms with Gasteiger partial charge in [0.1, 0.15) is 0 Å². The Labute approximate surface area is 105 Å². The average molecular weight is 241 g/mol. The molecule has 2 atom stereocenters. The highest BCUT2D eigenvalue weighted by atomic mass is 16.2. The third kappa shape index (κ3) is 4.64. The Balaban J connectivity index is 2.30. The number of nitrogens with zero attached hydrogens (tertiary/aromatic N) is 2. The van der Waals surface area contributed by atoms with E-state index in [0.717, 1.165) is 26.2 Å². The Morgan fingerprint density at radius 1 is 1.59 bits per heavy atom. The van der Waals surface area contributed by atoms with Crippen LogP contribution < -0.4 is 5.32 Å². The number of hydrogen-bond acceptors (Lipinski definition) is 3. The summed E-state index contributed by atoms with van der Waals surface area (Å²) in [5.74, 6) is 1.000. The Morgan fingerprint density at radius 3 is 2.82 bits per heavy atom. The fraction of sp³-hybridized carbons (Fsp3) is 0.923. The van der Waals surface area contributed by atoms with Crippen LogP contribution in [-0.2, 0) is 4.79 Å². The highest BCUT2D eigenvalue weighted by Crippen LogP contribution is 2.15. The number of amides is 1. The van der Waals surface area contributed by atoms with Gasteiger partial charge >= 0.3 is 0 Å². The maximum Gasteiger partial charge on any atom is 0.226 e. The summed E-state index contributed by atoms with van der Waals surface area (Å²) in [5, 5.41) is 3.23. The standard InChI is InChI=1S/C13H27N3O/c1-5-14-8-11(2)13(17)16(4)10-12-6-7-15(3)9-12/h11-12,14H,5-10H2,1-4H3. The maximum absolute atomic E-state index is 12.1. The monoisotopic (exact) mass is 241 g/mol. The SMILES string of the molecule is CCNCC(C)C(=O)N(C)CC1CCN(C)C1. The summed E-state index contributed by atoms with van der Waals surface area (Å²) in [6.45, 7) is 8.97. The summed E-state index contributed by atoms with van der Waals surface area (Å²) >= 11 is 0. The Bertz CT molecular complexity index is 245. The van der Waals surface area contributed by atoms with Gasteiger partial charge in [0.2, 0.25) is 5.91 Å². The molecule has 4 heteroatoms. The molecule has 1 saturated heterocycles. The molecule has 0 aromatic carbocycles. The van der Waals surface area contributed by atoms with E-state index in [9.17, 15) is 4.79 Å². The molecule has 1 aliphatic heterocycles. The molecular formula is C13H27N3O. The van der Waals surface area contributed by atoms with Crippen LogP contribution >= 0.6 is 0 Å². The number of likely N-dealkylation sites (tertiary alicyclic amines) is 1. The van der Waals surface area contributed by atoms with Crippen LogP contribution in [0.3, 0.4) is 0 Å². The van der Waals surface area contributed by atoms with Crippen LogP contribution in [0, 0.1) is 11.8 Å². The first-order valence-corrected chi connectivity index (χ1v) is 6.68. The van der Waals surface area contributed by atoms with E-state index in [2.05, 4.69) is 24.2 Å². The van der Waals surface area contributed by atoms with E-state index in [1.165, 1.54) is 13.0 Å². The van der Waals surface area contributed by atoms with E-state index in [0.29, 0.717) is 5.92 Å². The lowest BCUT2D eigenvalue weighted by Gasteiger charge is -2.24. The normalized spacial score (nSPS) is 22.7. The van der Waals surface area contributed by atoms with E-state index in [1.807, 2.05) is 18.9 Å². The van der Waals surface area contributed by atoms with Crippen LogP contribution in [0.2, 0.25) is 0 Å². The van der Waals surface area contributed by atoms with E-state index in [1.54, 1.807) is 0 Å². The average Bonchev–Trinajstić information content (AvgIpc) is 2.70. The molecule has 1 heterocycles. The predicted molar refractivity (Wildman–Crippen MR) is 70.9 cm³/mol. The van der Waals surface area contributed by atoms with Crippen LogP contribution in [-0.4, -0.2) is 62.5 Å². The second-order valence-corrected chi connectivity index (χ2v) is 5.34. The van der Waals surface area contributed by atoms with Crippen molar-refractivity contribution >= 4 is 5.91 Å². The molecule has 1 fully saturated rings. The number of rotatable bonds is 6. The van der Waals surface area contributed by atoms with Gasteiger partial charge in [-0.3, -0.25) is 4.79 Å². The lowest BCUT2D eigenvalue weighted by molar-refractivity contribution is -0.134. The molecule has 0 spiro atoms. The highest BCUT2D eigenvalue weighted by Gasteiger charge is 2.24. The molecule has 0 aromatic rings. The third-order valence-electron chi connectivity index (χ3n) is 3.52. The van der Waals surface area contributed by atoms with Gasteiger partial charge in [0.05, 0.1) is 0 Å². The zero-order chi connectivity index (χ0) is 12.8. The molecule has 1 aliphatic rings. The number of carbonyl (C=O) groups is 1. The van der Waals surface area contributed by atoms with Crippen LogP contribution in [0.15, 0.2) is 0 Å². The quantitative estimate of drug-likeness (QED) is 0.741. The van der Waals surface area contributed by atoms with Gasteiger partial charge in [0.25, 0.3) is 0 Å². The van der Waals surface area contributed by atoms with Gasteiger partial charge < -0.3 is 15.1 Å². The van der Waals surface area contributed by atoms with Crippen molar-refractivity contribution in [2.75, 3.05) is 46.8 Å². The molecule has 1 rings (SSSR count). The molecule has 1 N–H and O–H groups in total. The van der Waals surface area contributed by atoms with Crippen molar-refractivity contribution in [2.24, 2.45) is 11.8 Å². The van der Waals surface area contributed by atoms with Crippen LogP contribution in [0.5, 0.6) is 0 Å². The van der Waals surface area contributed by atoms with E-state index >= 15 is 0 Å². The largest absolute Gasteiger partial charge is 0.345 e. The Morgan fingerprint density at radius 2 is 2.29 bits per heavy atom. The van der Waals surface area contributed by atoms with Crippen molar-refractivity contribution in [3.05, 3.63) is 0 Å². The molecule has 0 radical (unpaired) electrons. The highest BCUT2D eigenvalue weighted by molar-refractivity contribution is 5.78. The molecule has 100 valence electrons. The maximum atomic E-state index is 12.1. The number of hydrogen-bond donors (Lipinski definition) is 1. The second kappa shape index (κ2) is 6.97. The predicted octanol–water partition coefficient (Wildman–Crippen LogP) is 0.642. The minimum Gasteiger partial charge on any atom is -0.345 e. The smallest absolute Gasteiger partial charge is 0.226 e. The summed E-state index contributed by atoms with van der Waals surface area (Å²) in [4.78, 5) is 16.3. The first-order valence-electron chi connectivity index (χ1n) is 6.68. The number of nitrogens with one attached hydrogen (secondary N) is 1. The molecule has 4 nitrogen and oxygen atoms in total. The molecule has 17 heavy (non-hydrogen) atoms. The zero-order valence-corrected chi connectivity index (χ0v) is 11.7. The fourth-order valence-electron chi connectivity index (χ4n) is 2.48. The number of carbonyl (C=O) groups excluding carboxylic acids is 1. The van der Waals surface area contributed by atoms with Crippen molar-refractivity contribution in [1.82, 2.24) is 15.1 Å². The fourth-order valence-corrected chi connectivity index (χ4v) is 2.48. The Hall–Kier alpha value is -0.610. The van der Waals surface area contributed by atoms with Gasteiger partial charge in [-0.15, -0.1) is 0 Å². The lowest BCUT2D eigenvalue weighted by atomic mass is 10.1. The molecule has 0 aromatic heterocycles. The molecule has 0 aliphatic carbocycles. The molecule has 1 amide bonds. The van der Waals surface area contributed by atoms with E-state index < -0.39 is 0 Å². The van der Waals surface area contributed by atoms with Crippen molar-refractivity contribution < 1.29 is 4.79 Å². The zero-order valence-electron chi connectivity index (χ0n) is 11.7. The van der Waals surface area contributed by atoms with Crippen molar-refractivity contribution in [2.45, 2.75) is 20.3 Å². The molecule has 2 unspecified atom stereocenters. The van der Waals surface area contributed by atoms with Crippen molar-refractivity contribution in [1.29, 1.82) is 0 Å².